The second-order valence-electron chi connectivity index (χ2n) is 5.99. The Morgan fingerprint density at radius 1 is 1.29 bits per heavy atom. The fourth-order valence-electron chi connectivity index (χ4n) is 2.85. The number of carbonyl (C=O) groups is 1. The molecule has 0 saturated carbocycles. The van der Waals surface area contributed by atoms with Crippen LogP contribution in [0.4, 0.5) is 13.2 Å². The number of aryl methyl sites for hydroxylation is 1. The molecule has 2 atom stereocenters. The van der Waals surface area contributed by atoms with Crippen LogP contribution in [-0.2, 0) is 9.57 Å². The number of esters is 1. The first-order chi connectivity index (χ1) is 13.1. The van der Waals surface area contributed by atoms with Crippen molar-refractivity contribution in [2.24, 2.45) is 11.1 Å². The van der Waals surface area contributed by atoms with Crippen molar-refractivity contribution in [1.82, 2.24) is 9.78 Å². The molecule has 0 N–H and O–H groups in total. The molecule has 1 aliphatic heterocycles. The SMILES string of the molecule is CCOC(=O)c1cn(C2=NOC(c3cc(Cl)cc(Cl)c3)C2C(F)(F)F)nc1C. The van der Waals surface area contributed by atoms with Crippen LogP contribution in [0.25, 0.3) is 0 Å². The molecule has 0 saturated heterocycles. The lowest BCUT2D eigenvalue weighted by atomic mass is 9.94. The first kappa shape index (κ1) is 20.5. The van der Waals surface area contributed by atoms with Gasteiger partial charge in [0, 0.05) is 16.2 Å². The van der Waals surface area contributed by atoms with Crippen LogP contribution in [-0.4, -0.2) is 34.4 Å². The number of ether oxygens (including phenoxy) is 1. The highest BCUT2D eigenvalue weighted by atomic mass is 35.5. The Labute approximate surface area is 167 Å². The Hall–Kier alpha value is -2.26. The standard InChI is InChI=1S/C17H14Cl2F3N3O3/c1-3-27-16(26)12-7-25(23-8(12)2)15-13(17(20,21)22)14(28-24-15)9-4-10(18)6-11(19)5-9/h4-7,13-14H,3H2,1-2H3. The van der Waals surface area contributed by atoms with Gasteiger partial charge >= 0.3 is 12.1 Å². The molecule has 11 heteroatoms. The van der Waals surface area contributed by atoms with E-state index in [1.165, 1.54) is 25.1 Å². The van der Waals surface area contributed by atoms with Gasteiger partial charge in [0.25, 0.3) is 0 Å². The van der Waals surface area contributed by atoms with Crippen LogP contribution in [0.5, 0.6) is 0 Å². The van der Waals surface area contributed by atoms with E-state index in [-0.39, 0.29) is 33.5 Å². The highest BCUT2D eigenvalue weighted by Gasteiger charge is 2.54. The lowest BCUT2D eigenvalue weighted by Gasteiger charge is -2.21. The third kappa shape index (κ3) is 3.95. The molecule has 3 rings (SSSR count). The van der Waals surface area contributed by atoms with E-state index in [0.717, 1.165) is 10.9 Å². The molecule has 2 heterocycles. The zero-order valence-electron chi connectivity index (χ0n) is 14.6. The number of halogens is 5. The number of carbonyl (C=O) groups excluding carboxylic acids is 1. The highest BCUT2D eigenvalue weighted by Crippen LogP contribution is 2.44. The number of oxime groups is 1. The summed E-state index contributed by atoms with van der Waals surface area (Å²) < 4.78 is 47.3. The van der Waals surface area contributed by atoms with Crippen molar-refractivity contribution >= 4 is 35.0 Å². The van der Waals surface area contributed by atoms with Crippen LogP contribution in [0.2, 0.25) is 10.0 Å². The Balaban J connectivity index is 2.00. The molecule has 0 aliphatic carbocycles. The summed E-state index contributed by atoms with van der Waals surface area (Å²) in [6.45, 7) is 3.22. The van der Waals surface area contributed by atoms with E-state index in [9.17, 15) is 18.0 Å². The van der Waals surface area contributed by atoms with Gasteiger partial charge in [0.05, 0.1) is 12.3 Å². The van der Waals surface area contributed by atoms with E-state index < -0.39 is 30.0 Å². The van der Waals surface area contributed by atoms with Gasteiger partial charge in [-0.25, -0.2) is 9.48 Å². The monoisotopic (exact) mass is 435 g/mol. The molecule has 6 nitrogen and oxygen atoms in total. The minimum atomic E-state index is -4.71. The zero-order chi connectivity index (χ0) is 20.6. The molecule has 0 spiro atoms. The third-order valence-corrected chi connectivity index (χ3v) is 4.47. The zero-order valence-corrected chi connectivity index (χ0v) is 16.1. The van der Waals surface area contributed by atoms with Gasteiger partial charge in [0.15, 0.2) is 17.9 Å². The van der Waals surface area contributed by atoms with Gasteiger partial charge in [0.1, 0.15) is 5.56 Å². The lowest BCUT2D eigenvalue weighted by molar-refractivity contribution is -0.178. The number of hydrogen-bond donors (Lipinski definition) is 0. The van der Waals surface area contributed by atoms with Gasteiger partial charge in [0.2, 0.25) is 0 Å². The Morgan fingerprint density at radius 3 is 2.50 bits per heavy atom. The van der Waals surface area contributed by atoms with E-state index in [1.54, 1.807) is 6.92 Å². The third-order valence-electron chi connectivity index (χ3n) is 4.04. The van der Waals surface area contributed by atoms with Crippen molar-refractivity contribution in [1.29, 1.82) is 0 Å². The second-order valence-corrected chi connectivity index (χ2v) is 6.86. The normalized spacial score (nSPS) is 19.3. The van der Waals surface area contributed by atoms with Gasteiger partial charge < -0.3 is 9.57 Å². The van der Waals surface area contributed by atoms with E-state index >= 15 is 0 Å². The topological polar surface area (TPSA) is 65.7 Å². The van der Waals surface area contributed by atoms with Gasteiger partial charge in [-0.15, -0.1) is 0 Å². The lowest BCUT2D eigenvalue weighted by Crippen LogP contribution is -2.36. The Bertz CT molecular complexity index is 923. The first-order valence-electron chi connectivity index (χ1n) is 8.12. The predicted octanol–water partition coefficient (Wildman–Crippen LogP) is 4.79. The van der Waals surface area contributed by atoms with Crippen molar-refractivity contribution < 1.29 is 27.5 Å². The maximum Gasteiger partial charge on any atom is 0.403 e. The van der Waals surface area contributed by atoms with Gasteiger partial charge in [-0.1, -0.05) is 28.4 Å². The van der Waals surface area contributed by atoms with Crippen LogP contribution in [0, 0.1) is 12.8 Å². The van der Waals surface area contributed by atoms with Crippen molar-refractivity contribution in [2.75, 3.05) is 6.61 Å². The maximum atomic E-state index is 13.9. The van der Waals surface area contributed by atoms with Crippen LogP contribution in [0.3, 0.4) is 0 Å². The van der Waals surface area contributed by atoms with Crippen LogP contribution < -0.4 is 0 Å². The summed E-state index contributed by atoms with van der Waals surface area (Å²) in [5, 5.41) is 7.90. The van der Waals surface area contributed by atoms with Gasteiger partial charge in [-0.2, -0.15) is 18.3 Å². The van der Waals surface area contributed by atoms with E-state index in [4.69, 9.17) is 32.8 Å². The molecule has 0 fully saturated rings. The molecule has 2 aromatic rings. The molecule has 1 aromatic heterocycles. The Morgan fingerprint density at radius 2 is 1.93 bits per heavy atom. The fourth-order valence-corrected chi connectivity index (χ4v) is 3.39. The average Bonchev–Trinajstić information content (AvgIpc) is 3.17. The van der Waals surface area contributed by atoms with Crippen LogP contribution >= 0.6 is 23.2 Å². The number of rotatable bonds is 3. The summed E-state index contributed by atoms with van der Waals surface area (Å²) >= 11 is 11.8. The number of nitrogens with zero attached hydrogens (tertiary/aromatic N) is 3. The summed E-state index contributed by atoms with van der Waals surface area (Å²) in [5.41, 5.74) is 0.365. The first-order valence-corrected chi connectivity index (χ1v) is 8.87. The Kier molecular flexibility index (Phi) is 5.58. The molecule has 0 radical (unpaired) electrons. The van der Waals surface area contributed by atoms with Gasteiger partial charge in [-0.05, 0) is 37.6 Å². The molecule has 28 heavy (non-hydrogen) atoms. The van der Waals surface area contributed by atoms with E-state index in [0.29, 0.717) is 0 Å². The van der Waals surface area contributed by atoms with Crippen LogP contribution in [0.1, 0.15) is 34.6 Å². The summed E-state index contributed by atoms with van der Waals surface area (Å²) in [4.78, 5) is 17.0. The van der Waals surface area contributed by atoms with Crippen molar-refractivity contribution in [3.63, 3.8) is 0 Å². The molecule has 2 unspecified atom stereocenters. The molecule has 150 valence electrons. The minimum Gasteiger partial charge on any atom is -0.462 e. The molecular weight excluding hydrogens is 422 g/mol. The number of aromatic nitrogens is 2. The maximum absolute atomic E-state index is 13.9. The van der Waals surface area contributed by atoms with Crippen LogP contribution in [0.15, 0.2) is 29.6 Å². The average molecular weight is 436 g/mol. The molecule has 0 bridgehead atoms. The summed E-state index contributed by atoms with van der Waals surface area (Å²) in [5.74, 6) is -3.34. The second kappa shape index (κ2) is 7.63. The summed E-state index contributed by atoms with van der Waals surface area (Å²) in [6, 6.07) is 4.05. The fraction of sp³-hybridized carbons (Fsp3) is 0.353. The summed E-state index contributed by atoms with van der Waals surface area (Å²) in [6.07, 6.45) is -5.07. The summed E-state index contributed by atoms with van der Waals surface area (Å²) in [7, 11) is 0. The number of hydrogen-bond acceptors (Lipinski definition) is 5. The predicted molar refractivity (Wildman–Crippen MR) is 95.6 cm³/mol. The van der Waals surface area contributed by atoms with Crippen molar-refractivity contribution in [3.8, 4) is 0 Å². The minimum absolute atomic E-state index is 0.0414. The smallest absolute Gasteiger partial charge is 0.403 e. The molecule has 0 amide bonds. The van der Waals surface area contributed by atoms with Crippen molar-refractivity contribution in [2.45, 2.75) is 26.1 Å². The van der Waals surface area contributed by atoms with E-state index in [2.05, 4.69) is 10.3 Å². The molecule has 1 aliphatic rings. The molecular formula is C17H14Cl2F3N3O3. The quantitative estimate of drug-likeness (QED) is 0.650. The van der Waals surface area contributed by atoms with E-state index in [1.807, 2.05) is 0 Å². The molecule has 1 aromatic carbocycles. The largest absolute Gasteiger partial charge is 0.462 e. The number of alkyl halides is 3. The highest BCUT2D eigenvalue weighted by molar-refractivity contribution is 6.34. The van der Waals surface area contributed by atoms with Crippen molar-refractivity contribution in [3.05, 3.63) is 51.3 Å². The van der Waals surface area contributed by atoms with Gasteiger partial charge in [-0.3, -0.25) is 0 Å². The number of benzene rings is 1.